The van der Waals surface area contributed by atoms with Crippen molar-refractivity contribution < 1.29 is 4.79 Å². The third kappa shape index (κ3) is 2.71. The summed E-state index contributed by atoms with van der Waals surface area (Å²) in [6.45, 7) is 2.80. The molecule has 0 radical (unpaired) electrons. The van der Waals surface area contributed by atoms with E-state index in [0.717, 1.165) is 28.5 Å². The highest BCUT2D eigenvalue weighted by Gasteiger charge is 2.33. The summed E-state index contributed by atoms with van der Waals surface area (Å²) < 4.78 is 0. The number of rotatable bonds is 2. The molecule has 0 fully saturated rings. The number of aromatic nitrogens is 1. The Labute approximate surface area is 164 Å². The van der Waals surface area contributed by atoms with E-state index in [1.54, 1.807) is 0 Å². The van der Waals surface area contributed by atoms with Gasteiger partial charge in [-0.25, -0.2) is 0 Å². The molecule has 3 aromatic carbocycles. The van der Waals surface area contributed by atoms with Crippen LogP contribution in [-0.4, -0.2) is 22.3 Å². The van der Waals surface area contributed by atoms with Crippen molar-refractivity contribution in [2.75, 3.05) is 6.54 Å². The smallest absolute Gasteiger partial charge is 0.256 e. The molecule has 28 heavy (non-hydrogen) atoms. The molecule has 4 aromatic rings. The number of aromatic amines is 1. The molecule has 3 heteroatoms. The highest BCUT2D eigenvalue weighted by atomic mass is 16.2. The third-order valence-corrected chi connectivity index (χ3v) is 5.76. The number of fused-ring (bicyclic) bond motifs is 2. The average molecular weight is 366 g/mol. The first-order valence-corrected chi connectivity index (χ1v) is 9.74. The minimum Gasteiger partial charge on any atom is -0.361 e. The molecule has 1 aliphatic rings. The maximum absolute atomic E-state index is 13.7. The normalized spacial score (nSPS) is 16.2. The highest BCUT2D eigenvalue weighted by Crippen LogP contribution is 2.36. The van der Waals surface area contributed by atoms with E-state index >= 15 is 0 Å². The minimum absolute atomic E-state index is 0.0664. The molecule has 3 nitrogen and oxygen atoms in total. The quantitative estimate of drug-likeness (QED) is 0.516. The van der Waals surface area contributed by atoms with E-state index in [9.17, 15) is 4.79 Å². The van der Waals surface area contributed by atoms with Crippen LogP contribution >= 0.6 is 0 Å². The van der Waals surface area contributed by atoms with Gasteiger partial charge in [-0.3, -0.25) is 4.79 Å². The number of H-pyrrole nitrogens is 1. The summed E-state index contributed by atoms with van der Waals surface area (Å²) in [7, 11) is 0. The molecule has 0 unspecified atom stereocenters. The van der Waals surface area contributed by atoms with Crippen LogP contribution in [0.2, 0.25) is 0 Å². The number of carbonyl (C=O) groups excluding carboxylic acids is 1. The van der Waals surface area contributed by atoms with Gasteiger partial charge in [0.05, 0.1) is 17.1 Å². The van der Waals surface area contributed by atoms with Gasteiger partial charge in [0.25, 0.3) is 5.91 Å². The number of nitrogens with one attached hydrogen (secondary N) is 1. The molecule has 0 bridgehead atoms. The monoisotopic (exact) mass is 366 g/mol. The number of carbonyl (C=O) groups is 1. The Kier molecular flexibility index (Phi) is 4.01. The summed E-state index contributed by atoms with van der Waals surface area (Å²) in [5, 5.41) is 1.06. The number of hydrogen-bond acceptors (Lipinski definition) is 1. The molecular formula is C25H22N2O. The second kappa shape index (κ2) is 6.68. The van der Waals surface area contributed by atoms with E-state index in [2.05, 4.69) is 60.4 Å². The predicted molar refractivity (Wildman–Crippen MR) is 113 cm³/mol. The Morgan fingerprint density at radius 2 is 1.79 bits per heavy atom. The van der Waals surface area contributed by atoms with E-state index < -0.39 is 0 Å². The first-order valence-electron chi connectivity index (χ1n) is 9.74. The number of para-hydroxylation sites is 1. The largest absolute Gasteiger partial charge is 0.361 e. The van der Waals surface area contributed by atoms with Crippen molar-refractivity contribution in [1.82, 2.24) is 9.88 Å². The minimum atomic E-state index is -0.0664. The summed E-state index contributed by atoms with van der Waals surface area (Å²) in [4.78, 5) is 19.0. The Bertz CT molecular complexity index is 1160. The van der Waals surface area contributed by atoms with Crippen LogP contribution in [0.25, 0.3) is 10.9 Å². The van der Waals surface area contributed by atoms with Crippen LogP contribution in [0.15, 0.2) is 79.0 Å². The molecule has 1 aromatic heterocycles. The molecular weight excluding hydrogens is 344 g/mol. The molecule has 1 amide bonds. The van der Waals surface area contributed by atoms with Crippen LogP contribution in [0.4, 0.5) is 0 Å². The van der Waals surface area contributed by atoms with Crippen molar-refractivity contribution >= 4 is 16.8 Å². The fraction of sp³-hybridized carbons (Fsp3) is 0.160. The van der Waals surface area contributed by atoms with Crippen LogP contribution < -0.4 is 0 Å². The van der Waals surface area contributed by atoms with Crippen LogP contribution in [-0.2, 0) is 6.42 Å². The number of nitrogens with zero attached hydrogens (tertiary/aromatic N) is 1. The Balaban J connectivity index is 1.64. The van der Waals surface area contributed by atoms with E-state index in [0.29, 0.717) is 6.54 Å². The van der Waals surface area contributed by atoms with Crippen LogP contribution in [0.3, 0.4) is 0 Å². The number of aryl methyl sites for hydroxylation is 1. The molecule has 1 N–H and O–H groups in total. The lowest BCUT2D eigenvalue weighted by Gasteiger charge is -2.38. The molecule has 2 heterocycles. The molecule has 1 atom stereocenters. The van der Waals surface area contributed by atoms with Crippen molar-refractivity contribution in [1.29, 1.82) is 0 Å². The Hall–Kier alpha value is -3.33. The number of benzene rings is 3. The molecule has 0 saturated heterocycles. The number of amides is 1. The zero-order chi connectivity index (χ0) is 19.1. The van der Waals surface area contributed by atoms with Crippen LogP contribution in [0.5, 0.6) is 0 Å². The Morgan fingerprint density at radius 3 is 2.64 bits per heavy atom. The van der Waals surface area contributed by atoms with Gasteiger partial charge in [0.2, 0.25) is 0 Å². The SMILES string of the molecule is Cc1ccc([C@H]2c3ccccc3CCN2C(=O)c2cccc3cc[nH]c23)cc1. The molecule has 138 valence electrons. The van der Waals surface area contributed by atoms with Crippen molar-refractivity contribution in [3.8, 4) is 0 Å². The molecule has 0 aliphatic carbocycles. The molecule has 0 saturated carbocycles. The molecule has 0 spiro atoms. The van der Waals surface area contributed by atoms with Gasteiger partial charge in [0, 0.05) is 18.1 Å². The van der Waals surface area contributed by atoms with Crippen LogP contribution in [0, 0.1) is 6.92 Å². The lowest BCUT2D eigenvalue weighted by atomic mass is 9.87. The second-order valence-electron chi connectivity index (χ2n) is 7.51. The highest BCUT2D eigenvalue weighted by molar-refractivity contribution is 6.06. The Morgan fingerprint density at radius 1 is 0.964 bits per heavy atom. The van der Waals surface area contributed by atoms with Gasteiger partial charge < -0.3 is 9.88 Å². The van der Waals surface area contributed by atoms with E-state index in [1.165, 1.54) is 16.7 Å². The second-order valence-corrected chi connectivity index (χ2v) is 7.51. The van der Waals surface area contributed by atoms with Gasteiger partial charge in [-0.15, -0.1) is 0 Å². The first-order chi connectivity index (χ1) is 13.7. The fourth-order valence-electron chi connectivity index (χ4n) is 4.31. The van der Waals surface area contributed by atoms with Crippen molar-refractivity contribution in [2.45, 2.75) is 19.4 Å². The standard InChI is InChI=1S/C25H22N2O/c1-17-9-11-20(12-10-17)24-21-7-3-2-5-18(21)14-16-27(24)25(28)22-8-4-6-19-13-15-26-23(19)22/h2-13,15,24,26H,14,16H2,1H3/t24-/m0/s1. The fourth-order valence-corrected chi connectivity index (χ4v) is 4.31. The van der Waals surface area contributed by atoms with Crippen molar-refractivity contribution in [2.24, 2.45) is 0 Å². The van der Waals surface area contributed by atoms with Gasteiger partial charge in [-0.05, 0) is 42.2 Å². The van der Waals surface area contributed by atoms with E-state index in [4.69, 9.17) is 0 Å². The topological polar surface area (TPSA) is 36.1 Å². The lowest BCUT2D eigenvalue weighted by molar-refractivity contribution is 0.0696. The maximum atomic E-state index is 13.7. The zero-order valence-electron chi connectivity index (χ0n) is 15.9. The third-order valence-electron chi connectivity index (χ3n) is 5.76. The maximum Gasteiger partial charge on any atom is 0.256 e. The van der Waals surface area contributed by atoms with Crippen molar-refractivity contribution in [3.05, 3.63) is 107 Å². The van der Waals surface area contributed by atoms with Crippen LogP contribution in [0.1, 0.15) is 38.7 Å². The zero-order valence-corrected chi connectivity index (χ0v) is 15.9. The number of hydrogen-bond donors (Lipinski definition) is 1. The summed E-state index contributed by atoms with van der Waals surface area (Å²) in [5.41, 5.74) is 6.58. The van der Waals surface area contributed by atoms with Gasteiger partial charge in [-0.1, -0.05) is 66.2 Å². The van der Waals surface area contributed by atoms with E-state index in [-0.39, 0.29) is 11.9 Å². The summed E-state index contributed by atoms with van der Waals surface area (Å²) >= 11 is 0. The summed E-state index contributed by atoms with van der Waals surface area (Å²) in [6.07, 6.45) is 2.77. The van der Waals surface area contributed by atoms with Gasteiger partial charge in [0.1, 0.15) is 0 Å². The predicted octanol–water partition coefficient (Wildman–Crippen LogP) is 5.26. The molecule has 1 aliphatic heterocycles. The van der Waals surface area contributed by atoms with Crippen molar-refractivity contribution in [3.63, 3.8) is 0 Å². The first kappa shape index (κ1) is 16.8. The lowest BCUT2D eigenvalue weighted by Crippen LogP contribution is -2.40. The van der Waals surface area contributed by atoms with Gasteiger partial charge in [0.15, 0.2) is 0 Å². The average Bonchev–Trinajstić information content (AvgIpc) is 3.22. The van der Waals surface area contributed by atoms with Gasteiger partial charge in [-0.2, -0.15) is 0 Å². The molecule has 5 rings (SSSR count). The van der Waals surface area contributed by atoms with Gasteiger partial charge >= 0.3 is 0 Å². The summed E-state index contributed by atoms with van der Waals surface area (Å²) in [6, 6.07) is 24.9. The van der Waals surface area contributed by atoms with E-state index in [1.807, 2.05) is 35.4 Å². The summed E-state index contributed by atoms with van der Waals surface area (Å²) in [5.74, 6) is 0.0770.